The van der Waals surface area contributed by atoms with Gasteiger partial charge in [0.05, 0.1) is 11.4 Å². The van der Waals surface area contributed by atoms with Crippen LogP contribution in [0.5, 0.6) is 0 Å². The number of H-pyrrole nitrogens is 1. The molecule has 3 aromatic heterocycles. The fourth-order valence-electron chi connectivity index (χ4n) is 3.96. The highest BCUT2D eigenvalue weighted by atomic mass is 35.5. The first-order valence-corrected chi connectivity index (χ1v) is 10.0. The molecule has 1 unspecified atom stereocenters. The molecule has 4 heterocycles. The molecule has 0 aliphatic carbocycles. The molecule has 0 saturated carbocycles. The quantitative estimate of drug-likeness (QED) is 0.691. The lowest BCUT2D eigenvalue weighted by Gasteiger charge is -2.36. The average Bonchev–Trinajstić information content (AvgIpc) is 3.12. The van der Waals surface area contributed by atoms with Gasteiger partial charge in [0, 0.05) is 55.3 Å². The van der Waals surface area contributed by atoms with E-state index < -0.39 is 0 Å². The Labute approximate surface area is 169 Å². The van der Waals surface area contributed by atoms with Crippen LogP contribution in [-0.2, 0) is 11.2 Å². The van der Waals surface area contributed by atoms with Crippen LogP contribution in [0.3, 0.4) is 0 Å². The Balaban J connectivity index is 1.31. The van der Waals surface area contributed by atoms with Crippen molar-refractivity contribution in [2.75, 3.05) is 13.1 Å². The number of amides is 1. The summed E-state index contributed by atoms with van der Waals surface area (Å²) in [5.74, 6) is 0.0291. The van der Waals surface area contributed by atoms with E-state index in [1.807, 2.05) is 18.6 Å². The second-order valence-electron chi connectivity index (χ2n) is 7.34. The zero-order chi connectivity index (χ0) is 19.5. The molecule has 1 aliphatic rings. The van der Waals surface area contributed by atoms with Gasteiger partial charge in [0.1, 0.15) is 5.65 Å². The molecule has 146 valence electrons. The molecule has 6 nitrogen and oxygen atoms in total. The van der Waals surface area contributed by atoms with Gasteiger partial charge in [0.25, 0.3) is 0 Å². The molecule has 1 saturated heterocycles. The second kappa shape index (κ2) is 8.29. The number of pyridine rings is 2. The van der Waals surface area contributed by atoms with Gasteiger partial charge in [-0.1, -0.05) is 11.6 Å². The lowest BCUT2D eigenvalue weighted by Crippen LogP contribution is -2.45. The molecule has 1 fully saturated rings. The van der Waals surface area contributed by atoms with Crippen LogP contribution < -0.4 is 5.32 Å². The maximum Gasteiger partial charge on any atom is 0.224 e. The molecular weight excluding hydrogens is 374 g/mol. The van der Waals surface area contributed by atoms with Gasteiger partial charge in [-0.05, 0) is 49.1 Å². The molecule has 7 heteroatoms. The Morgan fingerprint density at radius 1 is 1.29 bits per heavy atom. The van der Waals surface area contributed by atoms with E-state index >= 15 is 0 Å². The van der Waals surface area contributed by atoms with Gasteiger partial charge >= 0.3 is 0 Å². The van der Waals surface area contributed by atoms with Gasteiger partial charge in [0.2, 0.25) is 5.91 Å². The maximum absolute atomic E-state index is 12.6. The number of hydrogen-bond acceptors (Lipinski definition) is 4. The van der Waals surface area contributed by atoms with Gasteiger partial charge in [-0.25, -0.2) is 4.98 Å². The smallest absolute Gasteiger partial charge is 0.224 e. The van der Waals surface area contributed by atoms with E-state index in [0.717, 1.165) is 36.9 Å². The third kappa shape index (κ3) is 4.03. The van der Waals surface area contributed by atoms with Gasteiger partial charge in [0.15, 0.2) is 0 Å². The molecule has 2 N–H and O–H groups in total. The Kier molecular flexibility index (Phi) is 5.59. The lowest BCUT2D eigenvalue weighted by atomic mass is 10.0. The number of halogens is 1. The molecule has 0 aromatic carbocycles. The minimum Gasteiger partial charge on any atom is -0.353 e. The SMILES string of the molecule is CC(c1ccncc1)N1CCC(NC(=O)Cc2c[nH]c3nccc(Cl)c23)CC1. The summed E-state index contributed by atoms with van der Waals surface area (Å²) in [6, 6.07) is 6.46. The number of carbonyl (C=O) groups excluding carboxylic acids is 1. The molecule has 0 spiro atoms. The Hall–Kier alpha value is -2.44. The number of aromatic amines is 1. The number of nitrogens with zero attached hydrogens (tertiary/aromatic N) is 3. The topological polar surface area (TPSA) is 73.9 Å². The van der Waals surface area contributed by atoms with Crippen molar-refractivity contribution in [1.82, 2.24) is 25.2 Å². The van der Waals surface area contributed by atoms with Crippen molar-refractivity contribution in [3.05, 3.63) is 59.1 Å². The van der Waals surface area contributed by atoms with Crippen LogP contribution in [0.2, 0.25) is 5.02 Å². The van der Waals surface area contributed by atoms with Crippen molar-refractivity contribution in [3.8, 4) is 0 Å². The standard InChI is InChI=1S/C21H24ClN5O/c1-14(15-2-7-23-8-3-15)27-10-5-17(6-11-27)26-19(28)12-16-13-25-21-20(16)18(22)4-9-24-21/h2-4,7-9,13-14,17H,5-6,10-12H2,1H3,(H,24,25)(H,26,28). The van der Waals surface area contributed by atoms with Crippen molar-refractivity contribution in [2.45, 2.75) is 38.3 Å². The summed E-state index contributed by atoms with van der Waals surface area (Å²) < 4.78 is 0. The molecule has 0 radical (unpaired) electrons. The molecule has 4 rings (SSSR count). The number of nitrogens with one attached hydrogen (secondary N) is 2. The van der Waals surface area contributed by atoms with Crippen LogP contribution in [-0.4, -0.2) is 44.9 Å². The first-order chi connectivity index (χ1) is 13.6. The van der Waals surface area contributed by atoms with E-state index in [9.17, 15) is 4.79 Å². The minimum absolute atomic E-state index is 0.0291. The molecule has 3 aromatic rings. The molecule has 28 heavy (non-hydrogen) atoms. The van der Waals surface area contributed by atoms with Crippen LogP contribution in [0.15, 0.2) is 43.0 Å². The zero-order valence-electron chi connectivity index (χ0n) is 15.9. The third-order valence-electron chi connectivity index (χ3n) is 5.59. The van der Waals surface area contributed by atoms with Crippen molar-refractivity contribution >= 4 is 28.5 Å². The summed E-state index contributed by atoms with van der Waals surface area (Å²) in [7, 11) is 0. The van der Waals surface area contributed by atoms with Crippen molar-refractivity contribution < 1.29 is 4.79 Å². The monoisotopic (exact) mass is 397 g/mol. The summed E-state index contributed by atoms with van der Waals surface area (Å²) in [6.07, 6.45) is 9.37. The number of rotatable bonds is 5. The van der Waals surface area contributed by atoms with Crippen molar-refractivity contribution in [1.29, 1.82) is 0 Å². The normalized spacial score (nSPS) is 16.9. The predicted octanol–water partition coefficient (Wildman–Crippen LogP) is 3.50. The van der Waals surface area contributed by atoms with Gasteiger partial charge in [-0.3, -0.25) is 14.7 Å². The largest absolute Gasteiger partial charge is 0.353 e. The highest BCUT2D eigenvalue weighted by Gasteiger charge is 2.24. The Morgan fingerprint density at radius 3 is 2.79 bits per heavy atom. The molecule has 0 bridgehead atoms. The average molecular weight is 398 g/mol. The maximum atomic E-state index is 12.6. The molecule has 1 amide bonds. The fourth-order valence-corrected chi connectivity index (χ4v) is 4.22. The van der Waals surface area contributed by atoms with Crippen LogP contribution >= 0.6 is 11.6 Å². The van der Waals surface area contributed by atoms with E-state index in [2.05, 4.69) is 44.2 Å². The number of aromatic nitrogens is 3. The number of hydrogen-bond donors (Lipinski definition) is 2. The number of piperidine rings is 1. The van der Waals surface area contributed by atoms with E-state index in [1.54, 1.807) is 12.3 Å². The van der Waals surface area contributed by atoms with Crippen LogP contribution in [0, 0.1) is 0 Å². The molecule has 1 aliphatic heterocycles. The first kappa shape index (κ1) is 18.9. The summed E-state index contributed by atoms with van der Waals surface area (Å²) in [5.41, 5.74) is 2.88. The van der Waals surface area contributed by atoms with E-state index in [-0.39, 0.29) is 11.9 Å². The third-order valence-corrected chi connectivity index (χ3v) is 5.90. The second-order valence-corrected chi connectivity index (χ2v) is 7.75. The van der Waals surface area contributed by atoms with Crippen LogP contribution in [0.1, 0.15) is 36.9 Å². The highest BCUT2D eigenvalue weighted by molar-refractivity contribution is 6.35. The number of fused-ring (bicyclic) bond motifs is 1. The molecular formula is C21H24ClN5O. The van der Waals surface area contributed by atoms with Crippen molar-refractivity contribution in [3.63, 3.8) is 0 Å². The fraction of sp³-hybridized carbons (Fsp3) is 0.381. The van der Waals surface area contributed by atoms with Gasteiger partial charge in [-0.15, -0.1) is 0 Å². The van der Waals surface area contributed by atoms with E-state index in [4.69, 9.17) is 11.6 Å². The highest BCUT2D eigenvalue weighted by Crippen LogP contribution is 2.26. The van der Waals surface area contributed by atoms with Crippen LogP contribution in [0.4, 0.5) is 0 Å². The summed E-state index contributed by atoms with van der Waals surface area (Å²) in [6.45, 7) is 4.16. The predicted molar refractivity (Wildman–Crippen MR) is 110 cm³/mol. The summed E-state index contributed by atoms with van der Waals surface area (Å²) in [4.78, 5) is 26.5. The minimum atomic E-state index is 0.0291. The van der Waals surface area contributed by atoms with Gasteiger partial charge < -0.3 is 10.3 Å². The lowest BCUT2D eigenvalue weighted by molar-refractivity contribution is -0.121. The van der Waals surface area contributed by atoms with Crippen molar-refractivity contribution in [2.24, 2.45) is 0 Å². The summed E-state index contributed by atoms with van der Waals surface area (Å²) in [5, 5.41) is 4.64. The summed E-state index contributed by atoms with van der Waals surface area (Å²) >= 11 is 6.27. The first-order valence-electron chi connectivity index (χ1n) is 9.65. The van der Waals surface area contributed by atoms with Gasteiger partial charge in [-0.2, -0.15) is 0 Å². The molecule has 1 atom stereocenters. The zero-order valence-corrected chi connectivity index (χ0v) is 16.6. The Morgan fingerprint density at radius 2 is 2.04 bits per heavy atom. The van der Waals surface area contributed by atoms with E-state index in [1.165, 1.54) is 5.56 Å². The number of likely N-dealkylation sites (tertiary alicyclic amines) is 1. The van der Waals surface area contributed by atoms with Crippen LogP contribution in [0.25, 0.3) is 11.0 Å². The Bertz CT molecular complexity index is 950. The number of carbonyl (C=O) groups is 1. The van der Waals surface area contributed by atoms with E-state index in [0.29, 0.717) is 23.1 Å².